The third kappa shape index (κ3) is 5.38. The Bertz CT molecular complexity index is 1100. The predicted molar refractivity (Wildman–Crippen MR) is 126 cm³/mol. The lowest BCUT2D eigenvalue weighted by Crippen LogP contribution is -2.60. The molecule has 1 aliphatic heterocycles. The van der Waals surface area contributed by atoms with Crippen LogP contribution in [0.1, 0.15) is 42.4 Å². The predicted octanol–water partition coefficient (Wildman–Crippen LogP) is 4.32. The Morgan fingerprint density at radius 3 is 2.37 bits per heavy atom. The summed E-state index contributed by atoms with van der Waals surface area (Å²) in [6.45, 7) is 1.21. The topological polar surface area (TPSA) is 75.4 Å². The summed E-state index contributed by atoms with van der Waals surface area (Å²) in [6, 6.07) is 8.24. The van der Waals surface area contributed by atoms with E-state index in [0.717, 1.165) is 35.1 Å². The lowest BCUT2D eigenvalue weighted by molar-refractivity contribution is -0.145. The zero-order valence-electron chi connectivity index (χ0n) is 18.9. The molecule has 3 N–H and O–H groups in total. The fourth-order valence-corrected chi connectivity index (χ4v) is 5.13. The van der Waals surface area contributed by atoms with E-state index in [1.807, 2.05) is 24.3 Å². The SMILES string of the molecule is NC(=O)[C@H](Cc1ccc(Br)cc1)N(C(=O)C1(c2ccc(C(F)(F)F)cc2F)CC1)[C@@H]1CCCNC1. The number of benzene rings is 2. The van der Waals surface area contributed by atoms with Gasteiger partial charge in [0.25, 0.3) is 0 Å². The first kappa shape index (κ1) is 25.6. The van der Waals surface area contributed by atoms with Crippen molar-refractivity contribution in [3.05, 3.63) is 69.4 Å². The van der Waals surface area contributed by atoms with Gasteiger partial charge in [-0.05, 0) is 62.1 Å². The first-order valence-corrected chi connectivity index (χ1v) is 12.3. The number of primary amides is 1. The Morgan fingerprint density at radius 2 is 1.86 bits per heavy atom. The summed E-state index contributed by atoms with van der Waals surface area (Å²) < 4.78 is 55.0. The maximum atomic E-state index is 14.9. The first-order valence-electron chi connectivity index (χ1n) is 11.5. The number of hydrogen-bond donors (Lipinski definition) is 2. The van der Waals surface area contributed by atoms with E-state index in [-0.39, 0.29) is 30.9 Å². The average Bonchev–Trinajstić information content (AvgIpc) is 3.61. The fraction of sp³-hybridized carbons (Fsp3) is 0.440. The number of rotatable bonds is 7. The van der Waals surface area contributed by atoms with Gasteiger partial charge in [0.05, 0.1) is 11.0 Å². The van der Waals surface area contributed by atoms with E-state index in [9.17, 15) is 27.2 Å². The number of alkyl halides is 3. The minimum atomic E-state index is -4.69. The van der Waals surface area contributed by atoms with Gasteiger partial charge in [-0.1, -0.05) is 34.1 Å². The zero-order chi connectivity index (χ0) is 25.4. The largest absolute Gasteiger partial charge is 0.416 e. The first-order chi connectivity index (χ1) is 16.5. The van der Waals surface area contributed by atoms with E-state index in [2.05, 4.69) is 21.2 Å². The number of carbonyl (C=O) groups is 2. The van der Waals surface area contributed by atoms with Crippen LogP contribution in [0.4, 0.5) is 17.6 Å². The van der Waals surface area contributed by atoms with Gasteiger partial charge in [-0.25, -0.2) is 4.39 Å². The van der Waals surface area contributed by atoms with Crippen LogP contribution in [0, 0.1) is 5.82 Å². The number of nitrogens with zero attached hydrogens (tertiary/aromatic N) is 1. The van der Waals surface area contributed by atoms with Gasteiger partial charge in [-0.3, -0.25) is 9.59 Å². The number of carbonyl (C=O) groups excluding carboxylic acids is 2. The average molecular weight is 556 g/mol. The molecule has 2 atom stereocenters. The van der Waals surface area contributed by atoms with Crippen LogP contribution in [-0.2, 0) is 27.6 Å². The van der Waals surface area contributed by atoms with Crippen LogP contribution in [0.2, 0.25) is 0 Å². The zero-order valence-corrected chi connectivity index (χ0v) is 20.5. The molecule has 0 unspecified atom stereocenters. The number of nitrogens with two attached hydrogens (primary N) is 1. The summed E-state index contributed by atoms with van der Waals surface area (Å²) >= 11 is 3.37. The summed E-state index contributed by atoms with van der Waals surface area (Å²) in [6.07, 6.45) is -2.53. The van der Waals surface area contributed by atoms with Crippen molar-refractivity contribution >= 4 is 27.7 Å². The van der Waals surface area contributed by atoms with Gasteiger partial charge in [-0.2, -0.15) is 13.2 Å². The van der Waals surface area contributed by atoms with Crippen LogP contribution >= 0.6 is 15.9 Å². The van der Waals surface area contributed by atoms with Crippen LogP contribution in [0.3, 0.4) is 0 Å². The van der Waals surface area contributed by atoms with E-state index >= 15 is 0 Å². The molecular formula is C25H26BrF4N3O2. The molecule has 1 heterocycles. The number of nitrogens with one attached hydrogen (secondary N) is 1. The highest BCUT2D eigenvalue weighted by Crippen LogP contribution is 2.51. The van der Waals surface area contributed by atoms with Crippen molar-refractivity contribution in [3.63, 3.8) is 0 Å². The van der Waals surface area contributed by atoms with E-state index in [1.165, 1.54) is 4.90 Å². The molecule has 2 amide bonds. The Kier molecular flexibility index (Phi) is 7.24. The Hall–Kier alpha value is -2.46. The molecule has 0 spiro atoms. The summed E-state index contributed by atoms with van der Waals surface area (Å²) in [7, 11) is 0. The van der Waals surface area contributed by atoms with Crippen molar-refractivity contribution in [1.82, 2.24) is 10.2 Å². The van der Waals surface area contributed by atoms with Crippen molar-refractivity contribution in [2.75, 3.05) is 13.1 Å². The molecule has 1 saturated heterocycles. The molecule has 0 radical (unpaired) electrons. The van der Waals surface area contributed by atoms with Crippen molar-refractivity contribution in [1.29, 1.82) is 0 Å². The number of piperidine rings is 1. The summed E-state index contributed by atoms with van der Waals surface area (Å²) in [5.74, 6) is -2.22. The van der Waals surface area contributed by atoms with Crippen molar-refractivity contribution in [2.24, 2.45) is 5.73 Å². The molecular weight excluding hydrogens is 530 g/mol. The molecule has 2 aliphatic rings. The molecule has 2 aromatic carbocycles. The maximum Gasteiger partial charge on any atom is 0.416 e. The van der Waals surface area contributed by atoms with Crippen LogP contribution in [0.25, 0.3) is 0 Å². The van der Waals surface area contributed by atoms with Gasteiger partial charge in [-0.15, -0.1) is 0 Å². The standard InChI is InChI=1S/C25H26BrF4N3O2/c26-17-6-3-15(4-7-17)12-21(22(31)34)33(18-2-1-11-32-14-18)23(35)24(9-10-24)19-8-5-16(13-20(19)27)25(28,29)30/h3-8,13,18,21,32H,1-2,9-12,14H2,(H2,31,34)/t18-,21+/m1/s1. The van der Waals surface area contributed by atoms with Crippen LogP contribution in [0.5, 0.6) is 0 Å². The monoisotopic (exact) mass is 555 g/mol. The smallest absolute Gasteiger partial charge is 0.368 e. The maximum absolute atomic E-state index is 14.9. The second-order valence-corrected chi connectivity index (χ2v) is 10.2. The minimum absolute atomic E-state index is 0.0730. The van der Waals surface area contributed by atoms with E-state index < -0.39 is 40.8 Å². The summed E-state index contributed by atoms with van der Waals surface area (Å²) in [5.41, 5.74) is 4.10. The van der Waals surface area contributed by atoms with Gasteiger partial charge < -0.3 is 16.0 Å². The van der Waals surface area contributed by atoms with E-state index in [0.29, 0.717) is 19.0 Å². The molecule has 0 bridgehead atoms. The van der Waals surface area contributed by atoms with Crippen LogP contribution in [0.15, 0.2) is 46.9 Å². The van der Waals surface area contributed by atoms with Crippen molar-refractivity contribution in [2.45, 2.75) is 55.8 Å². The number of halogens is 5. The number of amides is 2. The highest BCUT2D eigenvalue weighted by Gasteiger charge is 2.57. The van der Waals surface area contributed by atoms with Crippen molar-refractivity contribution < 1.29 is 27.2 Å². The van der Waals surface area contributed by atoms with E-state index in [4.69, 9.17) is 5.73 Å². The molecule has 0 aromatic heterocycles. The molecule has 4 rings (SSSR count). The normalized spacial score (nSPS) is 20.2. The van der Waals surface area contributed by atoms with Gasteiger partial charge >= 0.3 is 6.18 Å². The molecule has 1 aliphatic carbocycles. The molecule has 2 aromatic rings. The Morgan fingerprint density at radius 1 is 1.17 bits per heavy atom. The lowest BCUT2D eigenvalue weighted by atomic mass is 9.89. The molecule has 35 heavy (non-hydrogen) atoms. The van der Waals surface area contributed by atoms with Crippen LogP contribution < -0.4 is 11.1 Å². The molecule has 1 saturated carbocycles. The lowest BCUT2D eigenvalue weighted by Gasteiger charge is -2.41. The Labute approximate surface area is 209 Å². The third-order valence-electron chi connectivity index (χ3n) is 6.88. The fourth-order valence-electron chi connectivity index (χ4n) is 4.86. The third-order valence-corrected chi connectivity index (χ3v) is 7.41. The summed E-state index contributed by atoms with van der Waals surface area (Å²) in [5, 5.41) is 3.23. The molecule has 188 valence electrons. The molecule has 5 nitrogen and oxygen atoms in total. The van der Waals surface area contributed by atoms with Crippen LogP contribution in [-0.4, -0.2) is 41.9 Å². The van der Waals surface area contributed by atoms with Gasteiger partial charge in [0.1, 0.15) is 11.9 Å². The highest BCUT2D eigenvalue weighted by atomic mass is 79.9. The quantitative estimate of drug-likeness (QED) is 0.500. The van der Waals surface area contributed by atoms with Gasteiger partial charge in [0.15, 0.2) is 0 Å². The van der Waals surface area contributed by atoms with E-state index in [1.54, 1.807) is 0 Å². The minimum Gasteiger partial charge on any atom is -0.368 e. The van der Waals surface area contributed by atoms with Gasteiger partial charge in [0.2, 0.25) is 11.8 Å². The second-order valence-electron chi connectivity index (χ2n) is 9.24. The molecule has 2 fully saturated rings. The summed E-state index contributed by atoms with van der Waals surface area (Å²) in [4.78, 5) is 28.2. The van der Waals surface area contributed by atoms with Crippen molar-refractivity contribution in [3.8, 4) is 0 Å². The Balaban J connectivity index is 1.71. The number of hydrogen-bond acceptors (Lipinski definition) is 3. The van der Waals surface area contributed by atoms with Gasteiger partial charge in [0, 0.05) is 29.0 Å². The highest BCUT2D eigenvalue weighted by molar-refractivity contribution is 9.10. The molecule has 10 heteroatoms. The second kappa shape index (κ2) is 9.89.